The van der Waals surface area contributed by atoms with E-state index >= 15 is 0 Å². The monoisotopic (exact) mass is 281 g/mol. The number of methoxy groups -OCH3 is 1. The summed E-state index contributed by atoms with van der Waals surface area (Å²) in [6, 6.07) is 15.7. The molecule has 0 aromatic heterocycles. The van der Waals surface area contributed by atoms with Crippen molar-refractivity contribution in [2.45, 2.75) is 25.8 Å². The van der Waals surface area contributed by atoms with E-state index in [2.05, 4.69) is 13.0 Å². The maximum absolute atomic E-state index is 12.9. The van der Waals surface area contributed by atoms with Gasteiger partial charge in [0, 0.05) is 17.3 Å². The van der Waals surface area contributed by atoms with E-state index in [4.69, 9.17) is 4.74 Å². The smallest absolute Gasteiger partial charge is 0.258 e. The number of aryl methyl sites for hydroxylation is 1. The van der Waals surface area contributed by atoms with Crippen molar-refractivity contribution in [1.29, 1.82) is 0 Å². The summed E-state index contributed by atoms with van der Waals surface area (Å²) in [6.45, 7) is 2.11. The molecule has 1 amide bonds. The number of hydrogen-bond acceptors (Lipinski definition) is 2. The highest BCUT2D eigenvalue weighted by Crippen LogP contribution is 2.31. The largest absolute Gasteiger partial charge is 0.497 e. The molecular formula is C18H19NO2. The normalized spacial score (nSPS) is 17.2. The average molecular weight is 281 g/mol. The number of nitrogens with zero attached hydrogens (tertiary/aromatic N) is 1. The van der Waals surface area contributed by atoms with E-state index in [1.165, 1.54) is 5.56 Å². The Kier molecular flexibility index (Phi) is 3.65. The maximum Gasteiger partial charge on any atom is 0.258 e. The van der Waals surface area contributed by atoms with Gasteiger partial charge in [0.1, 0.15) is 5.75 Å². The molecule has 0 bridgehead atoms. The van der Waals surface area contributed by atoms with Crippen LogP contribution in [0.3, 0.4) is 0 Å². The summed E-state index contributed by atoms with van der Waals surface area (Å²) < 4.78 is 5.15. The third-order valence-corrected chi connectivity index (χ3v) is 4.08. The van der Waals surface area contributed by atoms with Gasteiger partial charge in [-0.15, -0.1) is 0 Å². The minimum atomic E-state index is 0.0531. The van der Waals surface area contributed by atoms with Crippen molar-refractivity contribution in [3.8, 4) is 5.75 Å². The Hall–Kier alpha value is -2.29. The number of rotatable bonds is 2. The Morgan fingerprint density at radius 1 is 1.14 bits per heavy atom. The van der Waals surface area contributed by atoms with Crippen LogP contribution in [-0.2, 0) is 6.42 Å². The molecule has 3 rings (SSSR count). The van der Waals surface area contributed by atoms with E-state index in [9.17, 15) is 4.79 Å². The van der Waals surface area contributed by atoms with Crippen LogP contribution >= 0.6 is 0 Å². The Morgan fingerprint density at radius 3 is 2.57 bits per heavy atom. The van der Waals surface area contributed by atoms with E-state index in [0.717, 1.165) is 24.3 Å². The second kappa shape index (κ2) is 5.60. The number of ether oxygens (including phenoxy) is 1. The quantitative estimate of drug-likeness (QED) is 0.840. The van der Waals surface area contributed by atoms with Crippen molar-refractivity contribution in [1.82, 2.24) is 0 Å². The zero-order chi connectivity index (χ0) is 14.8. The van der Waals surface area contributed by atoms with E-state index in [-0.39, 0.29) is 11.9 Å². The molecule has 2 aromatic carbocycles. The second-order valence-electron chi connectivity index (χ2n) is 5.42. The summed E-state index contributed by atoms with van der Waals surface area (Å²) in [5, 5.41) is 0. The van der Waals surface area contributed by atoms with Crippen molar-refractivity contribution in [3.63, 3.8) is 0 Å². The van der Waals surface area contributed by atoms with Crippen molar-refractivity contribution in [2.24, 2.45) is 0 Å². The first-order valence-electron chi connectivity index (χ1n) is 7.26. The van der Waals surface area contributed by atoms with Gasteiger partial charge in [-0.3, -0.25) is 4.79 Å². The van der Waals surface area contributed by atoms with Gasteiger partial charge in [0.2, 0.25) is 0 Å². The van der Waals surface area contributed by atoms with Crippen LogP contribution in [0.25, 0.3) is 0 Å². The lowest BCUT2D eigenvalue weighted by Crippen LogP contribution is -2.42. The van der Waals surface area contributed by atoms with Gasteiger partial charge in [-0.25, -0.2) is 0 Å². The van der Waals surface area contributed by atoms with Crippen LogP contribution < -0.4 is 9.64 Å². The fourth-order valence-electron chi connectivity index (χ4n) is 2.87. The SMILES string of the molecule is COc1ccc(C(=O)N2c3ccccc3CC[C@@H]2C)cc1. The third-order valence-electron chi connectivity index (χ3n) is 4.08. The number of amides is 1. The van der Waals surface area contributed by atoms with Gasteiger partial charge in [-0.05, 0) is 55.7 Å². The lowest BCUT2D eigenvalue weighted by Gasteiger charge is -2.35. The highest BCUT2D eigenvalue weighted by atomic mass is 16.5. The average Bonchev–Trinajstić information content (AvgIpc) is 2.54. The fraction of sp³-hybridized carbons (Fsp3) is 0.278. The van der Waals surface area contributed by atoms with Crippen molar-refractivity contribution >= 4 is 11.6 Å². The van der Waals surface area contributed by atoms with Gasteiger partial charge in [-0.1, -0.05) is 18.2 Å². The summed E-state index contributed by atoms with van der Waals surface area (Å²) in [6.07, 6.45) is 2.03. The Morgan fingerprint density at radius 2 is 1.86 bits per heavy atom. The molecule has 1 heterocycles. The van der Waals surface area contributed by atoms with E-state index < -0.39 is 0 Å². The Balaban J connectivity index is 1.96. The summed E-state index contributed by atoms with van der Waals surface area (Å²) in [5.41, 5.74) is 2.98. The lowest BCUT2D eigenvalue weighted by molar-refractivity contribution is 0.0975. The molecule has 108 valence electrons. The van der Waals surface area contributed by atoms with Gasteiger partial charge >= 0.3 is 0 Å². The number of hydrogen-bond donors (Lipinski definition) is 0. The summed E-state index contributed by atoms with van der Waals surface area (Å²) in [4.78, 5) is 14.8. The van der Waals surface area contributed by atoms with Crippen LogP contribution in [0.5, 0.6) is 5.75 Å². The third kappa shape index (κ3) is 2.51. The lowest BCUT2D eigenvalue weighted by atomic mass is 9.96. The molecule has 0 saturated carbocycles. The summed E-state index contributed by atoms with van der Waals surface area (Å²) in [5.74, 6) is 0.816. The van der Waals surface area contributed by atoms with Crippen LogP contribution in [-0.4, -0.2) is 19.1 Å². The second-order valence-corrected chi connectivity index (χ2v) is 5.42. The van der Waals surface area contributed by atoms with E-state index in [1.54, 1.807) is 7.11 Å². The first-order chi connectivity index (χ1) is 10.2. The Bertz CT molecular complexity index is 649. The first kappa shape index (κ1) is 13.7. The summed E-state index contributed by atoms with van der Waals surface area (Å²) in [7, 11) is 1.62. The van der Waals surface area contributed by atoms with Gasteiger partial charge < -0.3 is 9.64 Å². The van der Waals surface area contributed by atoms with Crippen LogP contribution in [0.4, 0.5) is 5.69 Å². The highest BCUT2D eigenvalue weighted by molar-refractivity contribution is 6.07. The number of carbonyl (C=O) groups is 1. The van der Waals surface area contributed by atoms with Crippen molar-refractivity contribution < 1.29 is 9.53 Å². The molecule has 0 aliphatic carbocycles. The predicted molar refractivity (Wildman–Crippen MR) is 84.0 cm³/mol. The molecule has 0 N–H and O–H groups in total. The molecule has 0 fully saturated rings. The molecule has 1 aliphatic rings. The molecule has 1 aliphatic heterocycles. The summed E-state index contributed by atoms with van der Waals surface area (Å²) >= 11 is 0. The number of fused-ring (bicyclic) bond motifs is 1. The molecule has 3 heteroatoms. The van der Waals surface area contributed by atoms with Crippen LogP contribution in [0.2, 0.25) is 0 Å². The zero-order valence-corrected chi connectivity index (χ0v) is 12.4. The van der Waals surface area contributed by atoms with Crippen LogP contribution in [0.15, 0.2) is 48.5 Å². The molecule has 0 radical (unpaired) electrons. The van der Waals surface area contributed by atoms with Crippen LogP contribution in [0, 0.1) is 0 Å². The van der Waals surface area contributed by atoms with Crippen LogP contribution in [0.1, 0.15) is 29.3 Å². The van der Waals surface area contributed by atoms with Gasteiger partial charge in [-0.2, -0.15) is 0 Å². The molecular weight excluding hydrogens is 262 g/mol. The maximum atomic E-state index is 12.9. The number of benzene rings is 2. The van der Waals surface area contributed by atoms with Crippen molar-refractivity contribution in [2.75, 3.05) is 12.0 Å². The topological polar surface area (TPSA) is 29.5 Å². The first-order valence-corrected chi connectivity index (χ1v) is 7.26. The molecule has 3 nitrogen and oxygen atoms in total. The number of carbonyl (C=O) groups excluding carboxylic acids is 1. The minimum absolute atomic E-state index is 0.0531. The predicted octanol–water partition coefficient (Wildman–Crippen LogP) is 3.68. The minimum Gasteiger partial charge on any atom is -0.497 e. The Labute approximate surface area is 125 Å². The number of anilines is 1. The van der Waals surface area contributed by atoms with Gasteiger partial charge in [0.25, 0.3) is 5.91 Å². The molecule has 1 atom stereocenters. The molecule has 0 saturated heterocycles. The van der Waals surface area contributed by atoms with E-state index in [1.807, 2.05) is 47.4 Å². The van der Waals surface area contributed by atoms with Gasteiger partial charge in [0.05, 0.1) is 7.11 Å². The molecule has 0 spiro atoms. The van der Waals surface area contributed by atoms with Crippen molar-refractivity contribution in [3.05, 3.63) is 59.7 Å². The zero-order valence-electron chi connectivity index (χ0n) is 12.4. The number of para-hydroxylation sites is 1. The molecule has 21 heavy (non-hydrogen) atoms. The molecule has 0 unspecified atom stereocenters. The molecule has 2 aromatic rings. The standard InChI is InChI=1S/C18H19NO2/c1-13-7-8-14-5-3-4-6-17(14)19(13)18(20)15-9-11-16(21-2)12-10-15/h3-6,9-13H,7-8H2,1-2H3/t13-/m0/s1. The van der Waals surface area contributed by atoms with E-state index in [0.29, 0.717) is 5.56 Å². The fourth-order valence-corrected chi connectivity index (χ4v) is 2.87. The highest BCUT2D eigenvalue weighted by Gasteiger charge is 2.28. The van der Waals surface area contributed by atoms with Gasteiger partial charge in [0.15, 0.2) is 0 Å².